The molecule has 0 bridgehead atoms. The Bertz CT molecular complexity index is 795. The van der Waals surface area contributed by atoms with Crippen molar-refractivity contribution in [2.24, 2.45) is 0 Å². The van der Waals surface area contributed by atoms with E-state index < -0.39 is 5.82 Å². The molecule has 6 heteroatoms. The van der Waals surface area contributed by atoms with Crippen LogP contribution < -0.4 is 4.74 Å². The van der Waals surface area contributed by atoms with Crippen LogP contribution in [0.15, 0.2) is 51.7 Å². The van der Waals surface area contributed by atoms with Crippen molar-refractivity contribution in [3.63, 3.8) is 0 Å². The lowest BCUT2D eigenvalue weighted by Crippen LogP contribution is -1.92. The molecule has 2 aromatic heterocycles. The van der Waals surface area contributed by atoms with Crippen molar-refractivity contribution < 1.29 is 9.13 Å². The fraction of sp³-hybridized carbons (Fsp3) is 0. The molecule has 0 aliphatic rings. The predicted molar refractivity (Wildman–Crippen MR) is 81.4 cm³/mol. The molecule has 0 spiro atoms. The van der Waals surface area contributed by atoms with Gasteiger partial charge >= 0.3 is 0 Å². The molecule has 0 amide bonds. The lowest BCUT2D eigenvalue weighted by atomic mass is 10.3. The number of fused-ring (bicyclic) bond motifs is 1. The molecule has 0 N–H and O–H groups in total. The van der Waals surface area contributed by atoms with Crippen molar-refractivity contribution in [1.29, 1.82) is 0 Å². The third-order valence-corrected chi connectivity index (χ3v) is 3.55. The van der Waals surface area contributed by atoms with Crippen LogP contribution >= 0.6 is 31.9 Å². The number of ether oxygens (including phenoxy) is 1. The molecule has 100 valence electrons. The topological polar surface area (TPSA) is 35.0 Å². The zero-order valence-electron chi connectivity index (χ0n) is 9.98. The maximum atomic E-state index is 13.8. The Balaban J connectivity index is 2.06. The Labute approximate surface area is 131 Å². The van der Waals surface area contributed by atoms with Gasteiger partial charge in [-0.3, -0.25) is 4.98 Å². The first kappa shape index (κ1) is 13.5. The lowest BCUT2D eigenvalue weighted by molar-refractivity contribution is 0.445. The van der Waals surface area contributed by atoms with Gasteiger partial charge in [0, 0.05) is 27.4 Å². The van der Waals surface area contributed by atoms with Crippen LogP contribution in [0.25, 0.3) is 11.0 Å². The summed E-state index contributed by atoms with van der Waals surface area (Å²) < 4.78 is 20.9. The molecule has 0 saturated carbocycles. The quantitative estimate of drug-likeness (QED) is 0.604. The molecule has 2 heterocycles. The van der Waals surface area contributed by atoms with Crippen LogP contribution in [0, 0.1) is 5.82 Å². The number of benzene rings is 1. The molecule has 0 atom stereocenters. The minimum Gasteiger partial charge on any atom is -0.452 e. The molecular formula is C14H7Br2FN2O. The number of hydrogen-bond acceptors (Lipinski definition) is 3. The van der Waals surface area contributed by atoms with Gasteiger partial charge in [-0.05, 0) is 40.2 Å². The zero-order valence-corrected chi connectivity index (χ0v) is 13.2. The number of hydrogen-bond donors (Lipinski definition) is 0. The molecule has 3 rings (SSSR count). The molecule has 0 radical (unpaired) electrons. The van der Waals surface area contributed by atoms with Gasteiger partial charge in [0.1, 0.15) is 5.52 Å². The largest absolute Gasteiger partial charge is 0.452 e. The first-order valence-corrected chi connectivity index (χ1v) is 7.25. The van der Waals surface area contributed by atoms with Gasteiger partial charge in [-0.1, -0.05) is 15.9 Å². The van der Waals surface area contributed by atoms with Crippen LogP contribution in [0.4, 0.5) is 4.39 Å². The summed E-state index contributed by atoms with van der Waals surface area (Å²) >= 11 is 6.54. The summed E-state index contributed by atoms with van der Waals surface area (Å²) in [6.07, 6.45) is 3.25. The zero-order chi connectivity index (χ0) is 14.1. The van der Waals surface area contributed by atoms with Crippen LogP contribution in [0.5, 0.6) is 11.5 Å². The Morgan fingerprint density at radius 3 is 2.60 bits per heavy atom. The fourth-order valence-electron chi connectivity index (χ4n) is 1.74. The van der Waals surface area contributed by atoms with E-state index in [0.717, 1.165) is 4.47 Å². The molecular weight excluding hydrogens is 391 g/mol. The minimum atomic E-state index is -0.443. The van der Waals surface area contributed by atoms with Crippen molar-refractivity contribution in [2.45, 2.75) is 0 Å². The van der Waals surface area contributed by atoms with Gasteiger partial charge in [0.15, 0.2) is 17.3 Å². The van der Waals surface area contributed by atoms with E-state index in [1.807, 2.05) is 6.07 Å². The molecule has 0 aliphatic heterocycles. The molecule has 0 saturated heterocycles. The Morgan fingerprint density at radius 2 is 1.80 bits per heavy atom. The van der Waals surface area contributed by atoms with E-state index in [-0.39, 0.29) is 5.75 Å². The summed E-state index contributed by atoms with van der Waals surface area (Å²) in [5.41, 5.74) is 1.26. The van der Waals surface area contributed by atoms with Gasteiger partial charge in [0.25, 0.3) is 0 Å². The summed E-state index contributed by atoms with van der Waals surface area (Å²) in [5.74, 6) is 0.163. The second-order valence-corrected chi connectivity index (χ2v) is 5.84. The van der Waals surface area contributed by atoms with Gasteiger partial charge in [0.05, 0.1) is 5.52 Å². The molecule has 0 aliphatic carbocycles. The van der Waals surface area contributed by atoms with Crippen LogP contribution in [-0.2, 0) is 0 Å². The van der Waals surface area contributed by atoms with Gasteiger partial charge < -0.3 is 4.74 Å². The van der Waals surface area contributed by atoms with E-state index in [1.165, 1.54) is 6.07 Å². The van der Waals surface area contributed by atoms with E-state index >= 15 is 0 Å². The number of nitrogens with zero attached hydrogens (tertiary/aromatic N) is 2. The van der Waals surface area contributed by atoms with Crippen LogP contribution in [0.2, 0.25) is 0 Å². The first-order chi connectivity index (χ1) is 9.63. The predicted octanol–water partition coefficient (Wildman–Crippen LogP) is 5.09. The minimum absolute atomic E-state index is 0.144. The number of rotatable bonds is 2. The monoisotopic (exact) mass is 396 g/mol. The highest BCUT2D eigenvalue weighted by atomic mass is 79.9. The molecule has 3 aromatic rings. The molecule has 1 aromatic carbocycles. The van der Waals surface area contributed by atoms with E-state index in [2.05, 4.69) is 41.8 Å². The SMILES string of the molecule is Fc1cc(Br)ccc1Oc1ccnc2cc(Br)cnc12. The second kappa shape index (κ2) is 5.46. The maximum Gasteiger partial charge on any atom is 0.166 e. The standard InChI is InChI=1S/C14H7Br2FN2O/c15-8-1-2-12(10(17)5-8)20-13-3-4-18-11-6-9(16)7-19-14(11)13/h1-7H. The third kappa shape index (κ3) is 2.66. The fourth-order valence-corrected chi connectivity index (χ4v) is 2.39. The lowest BCUT2D eigenvalue weighted by Gasteiger charge is -2.09. The number of aromatic nitrogens is 2. The molecule has 20 heavy (non-hydrogen) atoms. The van der Waals surface area contributed by atoms with E-state index in [0.29, 0.717) is 21.3 Å². The van der Waals surface area contributed by atoms with Crippen molar-refractivity contribution >= 4 is 42.9 Å². The Hall–Kier alpha value is -1.53. The highest BCUT2D eigenvalue weighted by Crippen LogP contribution is 2.31. The first-order valence-electron chi connectivity index (χ1n) is 5.66. The van der Waals surface area contributed by atoms with Crippen molar-refractivity contribution in [2.75, 3.05) is 0 Å². The molecule has 0 fully saturated rings. The summed E-state index contributed by atoms with van der Waals surface area (Å²) in [7, 11) is 0. The molecule has 3 nitrogen and oxygen atoms in total. The van der Waals surface area contributed by atoms with E-state index in [9.17, 15) is 4.39 Å². The third-order valence-electron chi connectivity index (χ3n) is 2.62. The summed E-state index contributed by atoms with van der Waals surface area (Å²) in [6.45, 7) is 0. The summed E-state index contributed by atoms with van der Waals surface area (Å²) in [5, 5.41) is 0. The number of halogens is 3. The number of pyridine rings is 2. The van der Waals surface area contributed by atoms with Gasteiger partial charge in [-0.2, -0.15) is 0 Å². The highest BCUT2D eigenvalue weighted by Gasteiger charge is 2.10. The van der Waals surface area contributed by atoms with E-state index in [1.54, 1.807) is 30.6 Å². The normalized spacial score (nSPS) is 10.8. The van der Waals surface area contributed by atoms with Gasteiger partial charge in [-0.15, -0.1) is 0 Å². The Morgan fingerprint density at radius 1 is 0.950 bits per heavy atom. The smallest absolute Gasteiger partial charge is 0.166 e. The maximum absolute atomic E-state index is 13.8. The average molecular weight is 398 g/mol. The molecule has 0 unspecified atom stereocenters. The van der Waals surface area contributed by atoms with Crippen LogP contribution in [0.3, 0.4) is 0 Å². The second-order valence-electron chi connectivity index (χ2n) is 4.01. The highest BCUT2D eigenvalue weighted by molar-refractivity contribution is 9.10. The van der Waals surface area contributed by atoms with Crippen molar-refractivity contribution in [3.8, 4) is 11.5 Å². The van der Waals surface area contributed by atoms with Crippen molar-refractivity contribution in [3.05, 3.63) is 57.5 Å². The average Bonchev–Trinajstić information content (AvgIpc) is 2.41. The van der Waals surface area contributed by atoms with Gasteiger partial charge in [0.2, 0.25) is 0 Å². The summed E-state index contributed by atoms with van der Waals surface area (Å²) in [4.78, 5) is 8.47. The van der Waals surface area contributed by atoms with Crippen LogP contribution in [0.1, 0.15) is 0 Å². The van der Waals surface area contributed by atoms with Crippen molar-refractivity contribution in [1.82, 2.24) is 9.97 Å². The van der Waals surface area contributed by atoms with Crippen LogP contribution in [-0.4, -0.2) is 9.97 Å². The Kier molecular flexibility index (Phi) is 3.67. The summed E-state index contributed by atoms with van der Waals surface area (Å²) in [6, 6.07) is 8.11. The van der Waals surface area contributed by atoms with Gasteiger partial charge in [-0.25, -0.2) is 9.37 Å². The van der Waals surface area contributed by atoms with E-state index in [4.69, 9.17) is 4.74 Å².